The number of nitrogens with two attached hydrogens (primary N) is 2. The number of carbonyl (C=O) groups is 1. The Balaban J connectivity index is 2.45. The zero-order valence-electron chi connectivity index (χ0n) is 11.2. The van der Waals surface area contributed by atoms with E-state index in [1.165, 1.54) is 10.4 Å². The summed E-state index contributed by atoms with van der Waals surface area (Å²) in [6, 6.07) is 5.82. The predicted octanol–water partition coefficient (Wildman–Crippen LogP) is 0.174. The van der Waals surface area contributed by atoms with Crippen LogP contribution in [0.2, 0.25) is 0 Å². The van der Waals surface area contributed by atoms with E-state index in [-0.39, 0.29) is 11.4 Å². The standard InChI is InChI=1S/C13H19N3O3S/c14-9-10-5-1-2-7-12(10)20(18,19)16-8-4-3-6-11(16)13(15)17/h1-2,5,7,11H,3-4,6,8-9,14H2,(H2,15,17). The molecular weight excluding hydrogens is 278 g/mol. The number of hydrogen-bond acceptors (Lipinski definition) is 4. The SMILES string of the molecule is NCc1ccccc1S(=O)(=O)N1CCCCC1C(N)=O. The topological polar surface area (TPSA) is 106 Å². The molecule has 4 N–H and O–H groups in total. The molecule has 0 radical (unpaired) electrons. The first-order valence-corrected chi connectivity index (χ1v) is 8.01. The summed E-state index contributed by atoms with van der Waals surface area (Å²) >= 11 is 0. The minimum atomic E-state index is -3.75. The fraction of sp³-hybridized carbons (Fsp3) is 0.462. The minimum absolute atomic E-state index is 0.129. The smallest absolute Gasteiger partial charge is 0.244 e. The Morgan fingerprint density at radius 2 is 2.00 bits per heavy atom. The van der Waals surface area contributed by atoms with Crippen LogP contribution < -0.4 is 11.5 Å². The Bertz CT molecular complexity index is 601. The van der Waals surface area contributed by atoms with Gasteiger partial charge in [0, 0.05) is 13.1 Å². The van der Waals surface area contributed by atoms with Crippen LogP contribution in [0.1, 0.15) is 24.8 Å². The molecule has 0 aromatic heterocycles. The third-order valence-electron chi connectivity index (χ3n) is 3.56. The van der Waals surface area contributed by atoms with Crippen molar-refractivity contribution in [3.8, 4) is 0 Å². The lowest BCUT2D eigenvalue weighted by Gasteiger charge is -2.33. The summed E-state index contributed by atoms with van der Waals surface area (Å²) in [7, 11) is -3.75. The van der Waals surface area contributed by atoms with E-state index >= 15 is 0 Å². The number of amides is 1. The summed E-state index contributed by atoms with van der Waals surface area (Å²) in [4.78, 5) is 11.7. The van der Waals surface area contributed by atoms with Gasteiger partial charge in [-0.15, -0.1) is 0 Å². The van der Waals surface area contributed by atoms with E-state index in [0.717, 1.165) is 12.8 Å². The molecule has 1 aromatic rings. The van der Waals surface area contributed by atoms with Crippen LogP contribution in [-0.4, -0.2) is 31.2 Å². The fourth-order valence-electron chi connectivity index (χ4n) is 2.53. The molecule has 1 aromatic carbocycles. The number of carbonyl (C=O) groups excluding carboxylic acids is 1. The molecule has 6 nitrogen and oxygen atoms in total. The molecule has 1 saturated heterocycles. The van der Waals surface area contributed by atoms with Crippen LogP contribution in [0.15, 0.2) is 29.2 Å². The van der Waals surface area contributed by atoms with Gasteiger partial charge in [0.2, 0.25) is 15.9 Å². The fourth-order valence-corrected chi connectivity index (χ4v) is 4.43. The Hall–Kier alpha value is -1.44. The number of benzene rings is 1. The van der Waals surface area contributed by atoms with Gasteiger partial charge in [-0.3, -0.25) is 4.79 Å². The quantitative estimate of drug-likeness (QED) is 0.826. The van der Waals surface area contributed by atoms with E-state index in [1.54, 1.807) is 18.2 Å². The molecule has 2 rings (SSSR count). The number of piperidine rings is 1. The molecule has 0 aliphatic carbocycles. The highest BCUT2D eigenvalue weighted by Crippen LogP contribution is 2.27. The maximum absolute atomic E-state index is 12.7. The number of rotatable bonds is 4. The largest absolute Gasteiger partial charge is 0.368 e. The number of hydrogen-bond donors (Lipinski definition) is 2. The number of nitrogens with zero attached hydrogens (tertiary/aromatic N) is 1. The molecule has 1 atom stereocenters. The molecular formula is C13H19N3O3S. The molecule has 1 aliphatic rings. The van der Waals surface area contributed by atoms with Crippen molar-refractivity contribution in [1.29, 1.82) is 0 Å². The molecule has 1 unspecified atom stereocenters. The number of sulfonamides is 1. The van der Waals surface area contributed by atoms with Crippen LogP contribution in [0.5, 0.6) is 0 Å². The summed E-state index contributed by atoms with van der Waals surface area (Å²) in [5.74, 6) is -0.599. The van der Waals surface area contributed by atoms with Crippen molar-refractivity contribution < 1.29 is 13.2 Å². The van der Waals surface area contributed by atoms with Crippen LogP contribution >= 0.6 is 0 Å². The highest BCUT2D eigenvalue weighted by atomic mass is 32.2. The van der Waals surface area contributed by atoms with Crippen molar-refractivity contribution >= 4 is 15.9 Å². The maximum Gasteiger partial charge on any atom is 0.244 e. The molecule has 1 fully saturated rings. The second kappa shape index (κ2) is 5.90. The molecule has 0 saturated carbocycles. The van der Waals surface area contributed by atoms with Crippen LogP contribution in [0.4, 0.5) is 0 Å². The van der Waals surface area contributed by atoms with E-state index < -0.39 is 22.0 Å². The van der Waals surface area contributed by atoms with E-state index in [1.807, 2.05) is 0 Å². The highest BCUT2D eigenvalue weighted by Gasteiger charge is 2.37. The average molecular weight is 297 g/mol. The van der Waals surface area contributed by atoms with Gasteiger partial charge in [0.1, 0.15) is 6.04 Å². The second-order valence-corrected chi connectivity index (χ2v) is 6.70. The van der Waals surface area contributed by atoms with Crippen LogP contribution in [0.3, 0.4) is 0 Å². The monoisotopic (exact) mass is 297 g/mol. The van der Waals surface area contributed by atoms with Crippen LogP contribution in [-0.2, 0) is 21.4 Å². The molecule has 20 heavy (non-hydrogen) atoms. The Kier molecular flexibility index (Phi) is 4.42. The summed E-state index contributed by atoms with van der Waals surface area (Å²) in [5, 5.41) is 0. The predicted molar refractivity (Wildman–Crippen MR) is 75.1 cm³/mol. The minimum Gasteiger partial charge on any atom is -0.368 e. The first-order chi connectivity index (χ1) is 9.48. The second-order valence-electron chi connectivity index (χ2n) is 4.84. The first-order valence-electron chi connectivity index (χ1n) is 6.57. The molecule has 7 heteroatoms. The normalized spacial score (nSPS) is 20.8. The average Bonchev–Trinajstić information content (AvgIpc) is 2.47. The lowest BCUT2D eigenvalue weighted by Crippen LogP contribution is -2.50. The van der Waals surface area contributed by atoms with Gasteiger partial charge in [0.05, 0.1) is 4.90 Å². The summed E-state index contributed by atoms with van der Waals surface area (Å²) in [6.07, 6.45) is 2.01. The van der Waals surface area contributed by atoms with Crippen molar-refractivity contribution in [3.63, 3.8) is 0 Å². The van der Waals surface area contributed by atoms with Gasteiger partial charge in [-0.25, -0.2) is 8.42 Å². The van der Waals surface area contributed by atoms with Crippen LogP contribution in [0, 0.1) is 0 Å². The van der Waals surface area contributed by atoms with Gasteiger partial charge in [-0.1, -0.05) is 24.6 Å². The third-order valence-corrected chi connectivity index (χ3v) is 5.57. The van der Waals surface area contributed by atoms with Gasteiger partial charge in [0.15, 0.2) is 0 Å². The van der Waals surface area contributed by atoms with Crippen molar-refractivity contribution in [2.45, 2.75) is 36.7 Å². The van der Waals surface area contributed by atoms with E-state index in [9.17, 15) is 13.2 Å². The molecule has 0 bridgehead atoms. The Morgan fingerprint density at radius 1 is 1.30 bits per heavy atom. The molecule has 1 aliphatic heterocycles. The van der Waals surface area contributed by atoms with E-state index in [0.29, 0.717) is 18.5 Å². The third kappa shape index (κ3) is 2.70. The van der Waals surface area contributed by atoms with Crippen molar-refractivity contribution in [2.75, 3.05) is 6.54 Å². The Morgan fingerprint density at radius 3 is 2.65 bits per heavy atom. The van der Waals surface area contributed by atoms with Crippen molar-refractivity contribution in [3.05, 3.63) is 29.8 Å². The summed E-state index contributed by atoms with van der Waals surface area (Å²) in [5.41, 5.74) is 11.5. The molecule has 1 heterocycles. The van der Waals surface area contributed by atoms with Crippen LogP contribution in [0.25, 0.3) is 0 Å². The lowest BCUT2D eigenvalue weighted by molar-refractivity contribution is -0.122. The molecule has 110 valence electrons. The number of primary amides is 1. The van der Waals surface area contributed by atoms with E-state index in [4.69, 9.17) is 11.5 Å². The summed E-state index contributed by atoms with van der Waals surface area (Å²) < 4.78 is 26.7. The zero-order chi connectivity index (χ0) is 14.8. The maximum atomic E-state index is 12.7. The van der Waals surface area contributed by atoms with Crippen molar-refractivity contribution in [1.82, 2.24) is 4.31 Å². The van der Waals surface area contributed by atoms with Gasteiger partial charge < -0.3 is 11.5 Å². The first kappa shape index (κ1) is 15.0. The highest BCUT2D eigenvalue weighted by molar-refractivity contribution is 7.89. The van der Waals surface area contributed by atoms with Gasteiger partial charge in [-0.2, -0.15) is 4.31 Å². The molecule has 1 amide bonds. The zero-order valence-corrected chi connectivity index (χ0v) is 12.0. The Labute approximate surface area is 118 Å². The molecule has 0 spiro atoms. The van der Waals surface area contributed by atoms with Gasteiger partial charge in [-0.05, 0) is 24.5 Å². The van der Waals surface area contributed by atoms with Gasteiger partial charge >= 0.3 is 0 Å². The summed E-state index contributed by atoms with van der Waals surface area (Å²) in [6.45, 7) is 0.444. The lowest BCUT2D eigenvalue weighted by atomic mass is 10.0. The van der Waals surface area contributed by atoms with E-state index in [2.05, 4.69) is 0 Å². The van der Waals surface area contributed by atoms with Crippen molar-refractivity contribution in [2.24, 2.45) is 11.5 Å². The van der Waals surface area contributed by atoms with Gasteiger partial charge in [0.25, 0.3) is 0 Å².